The highest BCUT2D eigenvalue weighted by atomic mass is 32.1. The molecule has 0 radical (unpaired) electrons. The van der Waals surface area contributed by atoms with Gasteiger partial charge in [0.05, 0.1) is 34.6 Å². The number of hydrogen-bond donors (Lipinski definition) is 2. The van der Waals surface area contributed by atoms with E-state index in [4.69, 9.17) is 4.74 Å². The molecule has 2 fully saturated rings. The van der Waals surface area contributed by atoms with Crippen molar-refractivity contribution in [2.75, 3.05) is 25.0 Å². The highest BCUT2D eigenvalue weighted by Gasteiger charge is 2.28. The van der Waals surface area contributed by atoms with E-state index in [0.717, 1.165) is 63.2 Å². The number of hydrogen-bond acceptors (Lipinski definition) is 8. The first kappa shape index (κ1) is 26.4. The number of ether oxygens (including phenoxy) is 1. The van der Waals surface area contributed by atoms with E-state index in [1.54, 1.807) is 17.3 Å². The first-order valence-corrected chi connectivity index (χ1v) is 14.8. The number of aromatic nitrogens is 4. The van der Waals surface area contributed by atoms with Gasteiger partial charge < -0.3 is 15.0 Å². The Morgan fingerprint density at radius 1 is 1.17 bits per heavy atom. The molecule has 1 amide bonds. The van der Waals surface area contributed by atoms with Crippen molar-refractivity contribution in [3.63, 3.8) is 0 Å². The molecule has 2 N–H and O–H groups in total. The number of nitrogens with zero attached hydrogens (tertiary/aromatic N) is 5. The number of carbonyl (C=O) groups excluding carboxylic acids is 1. The number of fused-ring (bicyclic) bond motifs is 2. The zero-order valence-electron chi connectivity index (χ0n) is 22.7. The van der Waals surface area contributed by atoms with Crippen LogP contribution in [0.3, 0.4) is 0 Å². The Kier molecular flexibility index (Phi) is 7.15. The second-order valence-electron chi connectivity index (χ2n) is 10.5. The third-order valence-corrected chi connectivity index (χ3v) is 8.51. The normalized spacial score (nSPS) is 18.4. The van der Waals surface area contributed by atoms with Gasteiger partial charge in [-0.25, -0.2) is 19.2 Å². The van der Waals surface area contributed by atoms with E-state index >= 15 is 0 Å². The Hall–Kier alpha value is -4.53. The SMILES string of the molecule is O=C(O[C@@H]1CN[C@@H](C#Cc2cc3c(Nc4ccc5c(cnn5Cc5cccc(F)c5)c4)ncnc3s2)C1)N1CCCC1. The highest BCUT2D eigenvalue weighted by Crippen LogP contribution is 2.30. The topological polar surface area (TPSA) is 97.2 Å². The molecule has 0 saturated carbocycles. The molecule has 7 rings (SSSR count). The molecule has 0 unspecified atom stereocenters. The van der Waals surface area contributed by atoms with Crippen LogP contribution in [0.5, 0.6) is 0 Å². The van der Waals surface area contributed by atoms with Gasteiger partial charge in [-0.05, 0) is 54.8 Å². The fourth-order valence-corrected chi connectivity index (χ4v) is 6.29. The Morgan fingerprint density at radius 2 is 2.07 bits per heavy atom. The number of halogens is 1. The van der Waals surface area contributed by atoms with Gasteiger partial charge in [-0.1, -0.05) is 24.0 Å². The lowest BCUT2D eigenvalue weighted by molar-refractivity contribution is 0.0763. The van der Waals surface area contributed by atoms with Crippen LogP contribution in [-0.4, -0.2) is 62.5 Å². The fourth-order valence-electron chi connectivity index (χ4n) is 5.43. The molecule has 5 aromatic rings. The van der Waals surface area contributed by atoms with Crippen molar-refractivity contribution < 1.29 is 13.9 Å². The minimum atomic E-state index is -0.256. The van der Waals surface area contributed by atoms with E-state index < -0.39 is 0 Å². The number of anilines is 2. The van der Waals surface area contributed by atoms with Gasteiger partial charge in [-0.15, -0.1) is 11.3 Å². The van der Waals surface area contributed by atoms with E-state index in [1.165, 1.54) is 23.5 Å². The smallest absolute Gasteiger partial charge is 0.410 e. The maximum absolute atomic E-state index is 13.6. The number of thiophene rings is 1. The number of rotatable bonds is 5. The van der Waals surface area contributed by atoms with E-state index in [9.17, 15) is 9.18 Å². The molecule has 11 heteroatoms. The summed E-state index contributed by atoms with van der Waals surface area (Å²) in [6.45, 7) is 2.66. The minimum Gasteiger partial charge on any atom is -0.445 e. The maximum atomic E-state index is 13.6. The van der Waals surface area contributed by atoms with E-state index in [-0.39, 0.29) is 24.1 Å². The number of benzene rings is 2. The van der Waals surface area contributed by atoms with Gasteiger partial charge in [-0.2, -0.15) is 5.10 Å². The number of nitrogens with one attached hydrogen (secondary N) is 2. The first-order chi connectivity index (χ1) is 20.6. The maximum Gasteiger partial charge on any atom is 0.410 e. The summed E-state index contributed by atoms with van der Waals surface area (Å²) in [7, 11) is 0. The van der Waals surface area contributed by atoms with Gasteiger partial charge in [0.1, 0.15) is 28.9 Å². The van der Waals surface area contributed by atoms with Crippen molar-refractivity contribution in [3.8, 4) is 11.8 Å². The van der Waals surface area contributed by atoms with Crippen LogP contribution in [0.15, 0.2) is 61.1 Å². The molecule has 2 aromatic carbocycles. The van der Waals surface area contributed by atoms with Crippen molar-refractivity contribution in [1.82, 2.24) is 30.0 Å². The Morgan fingerprint density at radius 3 is 2.95 bits per heavy atom. The van der Waals surface area contributed by atoms with E-state index in [1.807, 2.05) is 41.2 Å². The monoisotopic (exact) mass is 581 g/mol. The molecule has 42 heavy (non-hydrogen) atoms. The minimum absolute atomic E-state index is 0.0381. The van der Waals surface area contributed by atoms with Crippen LogP contribution in [0, 0.1) is 17.7 Å². The molecule has 0 aliphatic carbocycles. The van der Waals surface area contributed by atoms with Crippen LogP contribution in [-0.2, 0) is 11.3 Å². The lowest BCUT2D eigenvalue weighted by Gasteiger charge is -2.18. The van der Waals surface area contributed by atoms with Crippen molar-refractivity contribution in [2.45, 2.75) is 38.0 Å². The molecule has 0 bridgehead atoms. The Balaban J connectivity index is 1.03. The van der Waals surface area contributed by atoms with Crippen LogP contribution < -0.4 is 10.6 Å². The Labute approximate surface area is 245 Å². The van der Waals surface area contributed by atoms with E-state index in [2.05, 4.69) is 37.5 Å². The second-order valence-corrected chi connectivity index (χ2v) is 11.6. The van der Waals surface area contributed by atoms with Gasteiger partial charge in [0.15, 0.2) is 0 Å². The van der Waals surface area contributed by atoms with E-state index in [0.29, 0.717) is 25.3 Å². The molecule has 2 saturated heterocycles. The molecule has 0 spiro atoms. The van der Waals surface area contributed by atoms with Crippen molar-refractivity contribution in [3.05, 3.63) is 77.3 Å². The molecule has 5 heterocycles. The van der Waals surface area contributed by atoms with Gasteiger partial charge >= 0.3 is 6.09 Å². The van der Waals surface area contributed by atoms with Crippen molar-refractivity contribution >= 4 is 50.1 Å². The van der Waals surface area contributed by atoms with Crippen LogP contribution in [0.2, 0.25) is 0 Å². The third-order valence-electron chi connectivity index (χ3n) is 7.55. The van der Waals surface area contributed by atoms with Crippen molar-refractivity contribution in [2.24, 2.45) is 0 Å². The lowest BCUT2D eigenvalue weighted by atomic mass is 10.2. The highest BCUT2D eigenvalue weighted by molar-refractivity contribution is 7.19. The molecular weight excluding hydrogens is 553 g/mol. The summed E-state index contributed by atoms with van der Waals surface area (Å²) in [5, 5.41) is 13.1. The molecule has 9 nitrogen and oxygen atoms in total. The molecule has 2 aliphatic heterocycles. The Bertz CT molecular complexity index is 1840. The summed E-state index contributed by atoms with van der Waals surface area (Å²) in [5.41, 5.74) is 2.68. The zero-order valence-corrected chi connectivity index (χ0v) is 23.5. The predicted octanol–water partition coefficient (Wildman–Crippen LogP) is 5.29. The van der Waals surface area contributed by atoms with Crippen LogP contribution in [0.4, 0.5) is 20.7 Å². The van der Waals surface area contributed by atoms with Gasteiger partial charge in [0.2, 0.25) is 0 Å². The molecule has 212 valence electrons. The number of carbonyl (C=O) groups is 1. The zero-order chi connectivity index (χ0) is 28.5. The molecule has 2 aliphatic rings. The summed E-state index contributed by atoms with van der Waals surface area (Å²) >= 11 is 1.52. The first-order valence-electron chi connectivity index (χ1n) is 14.0. The van der Waals surface area contributed by atoms with Crippen LogP contribution >= 0.6 is 11.3 Å². The lowest BCUT2D eigenvalue weighted by Crippen LogP contribution is -2.32. The quantitative estimate of drug-likeness (QED) is 0.273. The second kappa shape index (κ2) is 11.4. The summed E-state index contributed by atoms with van der Waals surface area (Å²) in [4.78, 5) is 24.8. The standard InChI is InChI=1S/C31H28FN7O2S/c32-22-5-3-4-20(12-22)18-39-28-9-7-24(13-21(28)16-36-39)37-29-27-15-26(42-30(27)35-19-34-29)8-6-23-14-25(17-33-23)41-31(40)38-10-1-2-11-38/h3-5,7,9,12-13,15-16,19,23,25,33H,1-2,10-11,14,17-18H2,(H,34,35,37)/t23-,25-/m0/s1. The van der Waals surface area contributed by atoms with Crippen molar-refractivity contribution in [1.29, 1.82) is 0 Å². The molecule has 3 aromatic heterocycles. The summed E-state index contributed by atoms with van der Waals surface area (Å²) in [6.07, 6.45) is 5.74. The van der Waals surface area contributed by atoms with Gasteiger partial charge in [0.25, 0.3) is 0 Å². The van der Waals surface area contributed by atoms with Crippen LogP contribution in [0.25, 0.3) is 21.1 Å². The van der Waals surface area contributed by atoms with Crippen LogP contribution in [0.1, 0.15) is 29.7 Å². The average molecular weight is 582 g/mol. The summed E-state index contributed by atoms with van der Waals surface area (Å²) in [5.74, 6) is 7.00. The average Bonchev–Trinajstić information content (AvgIpc) is 3.79. The number of likely N-dealkylation sites (tertiary alicyclic amines) is 1. The van der Waals surface area contributed by atoms with Gasteiger partial charge in [-0.3, -0.25) is 10.00 Å². The molecule has 2 atom stereocenters. The summed E-state index contributed by atoms with van der Waals surface area (Å²) in [6, 6.07) is 14.5. The largest absolute Gasteiger partial charge is 0.445 e. The third kappa shape index (κ3) is 5.64. The summed E-state index contributed by atoms with van der Waals surface area (Å²) < 4.78 is 21.1. The predicted molar refractivity (Wildman–Crippen MR) is 160 cm³/mol. The van der Waals surface area contributed by atoms with Gasteiger partial charge in [0, 0.05) is 37.1 Å². The number of amides is 1. The molecular formula is C31H28FN7O2S. The fraction of sp³-hybridized carbons (Fsp3) is 0.290.